The molecule has 0 unspecified atom stereocenters. The van der Waals surface area contributed by atoms with Gasteiger partial charge in [0.05, 0.1) is 6.10 Å². The minimum absolute atomic E-state index is 0.0915. The van der Waals surface area contributed by atoms with Crippen LogP contribution >= 0.6 is 11.3 Å². The summed E-state index contributed by atoms with van der Waals surface area (Å²) in [7, 11) is 0. The summed E-state index contributed by atoms with van der Waals surface area (Å²) in [5, 5.41) is 13.8. The first-order chi connectivity index (χ1) is 6.84. The molecule has 1 N–H and O–H groups in total. The van der Waals surface area contributed by atoms with Gasteiger partial charge in [0.2, 0.25) is 0 Å². The van der Waals surface area contributed by atoms with Crippen molar-refractivity contribution >= 4 is 11.3 Å². The quantitative estimate of drug-likeness (QED) is 0.823. The highest BCUT2D eigenvalue weighted by atomic mass is 32.1. The van der Waals surface area contributed by atoms with Crippen molar-refractivity contribution in [1.29, 1.82) is 0 Å². The van der Waals surface area contributed by atoms with E-state index in [0.29, 0.717) is 0 Å². The Hall–Kier alpha value is -0.380. The lowest BCUT2D eigenvalue weighted by Gasteiger charge is -2.29. The average molecular weight is 211 g/mol. The molecule has 2 heterocycles. The van der Waals surface area contributed by atoms with Gasteiger partial charge in [-0.3, -0.25) is 0 Å². The van der Waals surface area contributed by atoms with Crippen LogP contribution in [0.2, 0.25) is 0 Å². The summed E-state index contributed by atoms with van der Waals surface area (Å²) in [4.78, 5) is 2.37. The van der Waals surface area contributed by atoms with Crippen molar-refractivity contribution in [2.45, 2.75) is 25.4 Å². The topological polar surface area (TPSA) is 23.5 Å². The van der Waals surface area contributed by atoms with Gasteiger partial charge in [-0.25, -0.2) is 0 Å². The summed E-state index contributed by atoms with van der Waals surface area (Å²) < 4.78 is 0. The molecule has 1 aliphatic heterocycles. The fourth-order valence-corrected chi connectivity index (χ4v) is 2.66. The van der Waals surface area contributed by atoms with E-state index in [2.05, 4.69) is 21.7 Å². The lowest BCUT2D eigenvalue weighted by atomic mass is 10.1. The third kappa shape index (κ3) is 2.80. The van der Waals surface area contributed by atoms with Gasteiger partial charge in [-0.05, 0) is 48.2 Å². The second-order valence-corrected chi connectivity index (χ2v) is 4.76. The molecule has 0 spiro atoms. The maximum atomic E-state index is 9.50. The van der Waals surface area contributed by atoms with E-state index in [1.807, 2.05) is 0 Å². The molecular weight excluding hydrogens is 194 g/mol. The van der Waals surface area contributed by atoms with E-state index in [4.69, 9.17) is 0 Å². The summed E-state index contributed by atoms with van der Waals surface area (Å²) in [6.07, 6.45) is 3.15. The van der Waals surface area contributed by atoms with E-state index in [0.717, 1.165) is 38.9 Å². The monoisotopic (exact) mass is 211 g/mol. The highest BCUT2D eigenvalue weighted by molar-refractivity contribution is 7.07. The molecule has 0 radical (unpaired) electrons. The molecule has 1 aromatic rings. The molecule has 3 heteroatoms. The van der Waals surface area contributed by atoms with E-state index in [-0.39, 0.29) is 6.10 Å². The van der Waals surface area contributed by atoms with Crippen molar-refractivity contribution in [1.82, 2.24) is 4.90 Å². The van der Waals surface area contributed by atoms with Gasteiger partial charge in [0.15, 0.2) is 0 Å². The molecule has 0 saturated carbocycles. The molecule has 0 aromatic carbocycles. The lowest BCUT2D eigenvalue weighted by molar-refractivity contribution is 0.0714. The van der Waals surface area contributed by atoms with Crippen molar-refractivity contribution in [3.8, 4) is 0 Å². The molecule has 1 aliphatic rings. The maximum absolute atomic E-state index is 9.50. The molecule has 1 aromatic heterocycles. The van der Waals surface area contributed by atoms with E-state index in [1.165, 1.54) is 5.56 Å². The second-order valence-electron chi connectivity index (χ2n) is 3.98. The van der Waals surface area contributed by atoms with Crippen molar-refractivity contribution in [2.75, 3.05) is 19.6 Å². The lowest BCUT2D eigenvalue weighted by Crippen LogP contribution is -2.39. The minimum atomic E-state index is -0.0915. The van der Waals surface area contributed by atoms with Crippen LogP contribution in [0.25, 0.3) is 0 Å². The Kier molecular flexibility index (Phi) is 3.56. The summed E-state index contributed by atoms with van der Waals surface area (Å²) in [5.74, 6) is 0. The van der Waals surface area contributed by atoms with Crippen molar-refractivity contribution in [2.24, 2.45) is 0 Å². The number of piperidine rings is 1. The Morgan fingerprint density at radius 1 is 1.57 bits per heavy atom. The predicted octanol–water partition coefficient (Wildman–Crippen LogP) is 1.75. The van der Waals surface area contributed by atoms with E-state index in [9.17, 15) is 5.11 Å². The van der Waals surface area contributed by atoms with Crippen LogP contribution in [0.15, 0.2) is 16.8 Å². The number of hydrogen-bond acceptors (Lipinski definition) is 3. The van der Waals surface area contributed by atoms with Crippen LogP contribution in [-0.2, 0) is 6.42 Å². The summed E-state index contributed by atoms with van der Waals surface area (Å²) in [5.41, 5.74) is 1.43. The normalized spacial score (nSPS) is 23.9. The largest absolute Gasteiger partial charge is 0.392 e. The van der Waals surface area contributed by atoms with Gasteiger partial charge >= 0.3 is 0 Å². The number of nitrogens with zero attached hydrogens (tertiary/aromatic N) is 1. The Morgan fingerprint density at radius 3 is 3.21 bits per heavy atom. The zero-order valence-electron chi connectivity index (χ0n) is 8.35. The van der Waals surface area contributed by atoms with Crippen LogP contribution in [0.3, 0.4) is 0 Å². The Balaban J connectivity index is 1.75. The summed E-state index contributed by atoms with van der Waals surface area (Å²) in [6, 6.07) is 2.19. The number of hydrogen-bond donors (Lipinski definition) is 1. The van der Waals surface area contributed by atoms with Crippen LogP contribution in [0, 0.1) is 0 Å². The number of aliphatic hydroxyl groups excluding tert-OH is 1. The van der Waals surface area contributed by atoms with Gasteiger partial charge in [0, 0.05) is 13.1 Å². The second kappa shape index (κ2) is 4.91. The zero-order valence-corrected chi connectivity index (χ0v) is 9.17. The standard InChI is InChI=1S/C11H17NOS/c13-11-2-1-5-12(8-11)6-3-10-4-7-14-9-10/h4,7,9,11,13H,1-3,5-6,8H2/t11-/m0/s1. The van der Waals surface area contributed by atoms with Crippen LogP contribution < -0.4 is 0 Å². The predicted molar refractivity (Wildman–Crippen MR) is 59.7 cm³/mol. The molecule has 78 valence electrons. The maximum Gasteiger partial charge on any atom is 0.0667 e. The highest BCUT2D eigenvalue weighted by Crippen LogP contribution is 2.12. The van der Waals surface area contributed by atoms with Crippen LogP contribution in [-0.4, -0.2) is 35.7 Å². The van der Waals surface area contributed by atoms with Crippen molar-refractivity contribution in [3.05, 3.63) is 22.4 Å². The van der Waals surface area contributed by atoms with Crippen LogP contribution in [0.4, 0.5) is 0 Å². The molecule has 1 fully saturated rings. The number of β-amino-alcohol motifs (C(OH)–C–C–N with tert-alkyl or cyclic N) is 1. The van der Waals surface area contributed by atoms with Gasteiger partial charge in [-0.15, -0.1) is 0 Å². The first-order valence-corrected chi connectivity index (χ1v) is 6.20. The molecule has 1 atom stereocenters. The third-order valence-corrected chi connectivity index (χ3v) is 3.51. The minimum Gasteiger partial charge on any atom is -0.392 e. The third-order valence-electron chi connectivity index (χ3n) is 2.78. The van der Waals surface area contributed by atoms with Crippen LogP contribution in [0.1, 0.15) is 18.4 Å². The molecule has 2 nitrogen and oxygen atoms in total. The summed E-state index contributed by atoms with van der Waals surface area (Å²) in [6.45, 7) is 3.11. The van der Waals surface area contributed by atoms with Crippen molar-refractivity contribution < 1.29 is 5.11 Å². The number of likely N-dealkylation sites (tertiary alicyclic amines) is 1. The smallest absolute Gasteiger partial charge is 0.0667 e. The first kappa shape index (κ1) is 10.1. The molecule has 0 amide bonds. The van der Waals surface area contributed by atoms with E-state index < -0.39 is 0 Å². The SMILES string of the molecule is O[C@H]1CCCN(CCc2ccsc2)C1. The Morgan fingerprint density at radius 2 is 2.50 bits per heavy atom. The fourth-order valence-electron chi connectivity index (χ4n) is 1.96. The Labute approximate surface area is 89.2 Å². The Bertz CT molecular complexity index is 260. The van der Waals surface area contributed by atoms with Gasteiger partial charge in [0.25, 0.3) is 0 Å². The molecule has 0 aliphatic carbocycles. The highest BCUT2D eigenvalue weighted by Gasteiger charge is 2.16. The number of thiophene rings is 1. The fraction of sp³-hybridized carbons (Fsp3) is 0.636. The molecule has 1 saturated heterocycles. The summed E-state index contributed by atoms with van der Waals surface area (Å²) >= 11 is 1.76. The molecule has 0 bridgehead atoms. The average Bonchev–Trinajstić information content (AvgIpc) is 2.67. The zero-order chi connectivity index (χ0) is 9.80. The van der Waals surface area contributed by atoms with Gasteiger partial charge < -0.3 is 10.0 Å². The van der Waals surface area contributed by atoms with Crippen LogP contribution in [0.5, 0.6) is 0 Å². The molecule has 14 heavy (non-hydrogen) atoms. The van der Waals surface area contributed by atoms with Gasteiger partial charge in [-0.2, -0.15) is 11.3 Å². The van der Waals surface area contributed by atoms with Crippen molar-refractivity contribution in [3.63, 3.8) is 0 Å². The number of aliphatic hydroxyl groups is 1. The molecule has 2 rings (SSSR count). The molecular formula is C11H17NOS. The van der Waals surface area contributed by atoms with Gasteiger partial charge in [-0.1, -0.05) is 0 Å². The number of rotatable bonds is 3. The first-order valence-electron chi connectivity index (χ1n) is 5.26. The van der Waals surface area contributed by atoms with Gasteiger partial charge in [0.1, 0.15) is 0 Å². The van der Waals surface area contributed by atoms with E-state index in [1.54, 1.807) is 11.3 Å². The van der Waals surface area contributed by atoms with E-state index >= 15 is 0 Å².